The molecular formula is C14H15NO2. The van der Waals surface area contributed by atoms with Crippen LogP contribution in [0.4, 0.5) is 0 Å². The van der Waals surface area contributed by atoms with Crippen molar-refractivity contribution in [3.05, 3.63) is 52.8 Å². The zero-order valence-electron chi connectivity index (χ0n) is 10.0. The molecule has 0 radical (unpaired) electrons. The Balaban J connectivity index is 2.53. The lowest BCUT2D eigenvalue weighted by Crippen LogP contribution is -2.18. The molecule has 17 heavy (non-hydrogen) atoms. The van der Waals surface area contributed by atoms with Crippen LogP contribution in [0.5, 0.6) is 5.88 Å². The van der Waals surface area contributed by atoms with Crippen LogP contribution in [-0.4, -0.2) is 11.2 Å². The fourth-order valence-corrected chi connectivity index (χ4v) is 1.69. The predicted octanol–water partition coefficient (Wildman–Crippen LogP) is 2.45. The first-order valence-electron chi connectivity index (χ1n) is 5.61. The fraction of sp³-hybridized carbons (Fsp3) is 0.214. The average Bonchev–Trinajstić information content (AvgIpc) is 2.36. The van der Waals surface area contributed by atoms with E-state index in [0.29, 0.717) is 12.5 Å². The molecular weight excluding hydrogens is 214 g/mol. The van der Waals surface area contributed by atoms with Crippen LogP contribution in [0.2, 0.25) is 0 Å². The molecule has 0 unspecified atom stereocenters. The maximum Gasteiger partial charge on any atom is 0.253 e. The second-order valence-corrected chi connectivity index (χ2v) is 3.78. The fourth-order valence-electron chi connectivity index (χ4n) is 1.69. The normalized spacial score (nSPS) is 10.2. The Labute approximate surface area is 100 Å². The summed E-state index contributed by atoms with van der Waals surface area (Å²) in [6, 6.07) is 13.3. The van der Waals surface area contributed by atoms with Gasteiger partial charge >= 0.3 is 0 Å². The molecule has 0 fully saturated rings. The summed E-state index contributed by atoms with van der Waals surface area (Å²) < 4.78 is 6.95. The highest BCUT2D eigenvalue weighted by Gasteiger charge is 2.05. The van der Waals surface area contributed by atoms with Crippen LogP contribution in [0, 0.1) is 0 Å². The topological polar surface area (TPSA) is 31.2 Å². The van der Waals surface area contributed by atoms with Gasteiger partial charge in [0.25, 0.3) is 5.56 Å². The van der Waals surface area contributed by atoms with Crippen molar-refractivity contribution in [3.63, 3.8) is 0 Å². The van der Waals surface area contributed by atoms with Gasteiger partial charge in [0.1, 0.15) is 0 Å². The summed E-state index contributed by atoms with van der Waals surface area (Å²) in [4.78, 5) is 11.8. The highest BCUT2D eigenvalue weighted by molar-refractivity contribution is 5.63. The molecule has 1 heterocycles. The Kier molecular flexibility index (Phi) is 3.28. The molecule has 0 saturated carbocycles. The molecule has 0 bridgehead atoms. The summed E-state index contributed by atoms with van der Waals surface area (Å²) in [5.41, 5.74) is 1.85. The minimum Gasteiger partial charge on any atom is -0.479 e. The van der Waals surface area contributed by atoms with Gasteiger partial charge in [-0.15, -0.1) is 0 Å². The Bertz CT molecular complexity index is 558. The Hall–Kier alpha value is -2.03. The quantitative estimate of drug-likeness (QED) is 0.809. The largest absolute Gasteiger partial charge is 0.479 e. The number of benzene rings is 1. The molecule has 1 aromatic heterocycles. The number of pyridine rings is 1. The Morgan fingerprint density at radius 1 is 1.12 bits per heavy atom. The van der Waals surface area contributed by atoms with E-state index in [1.807, 2.05) is 43.3 Å². The third-order valence-electron chi connectivity index (χ3n) is 2.62. The first-order valence-corrected chi connectivity index (χ1v) is 5.61. The highest BCUT2D eigenvalue weighted by atomic mass is 16.5. The molecule has 0 spiro atoms. The minimum atomic E-state index is -0.0604. The molecule has 88 valence electrons. The zero-order valence-corrected chi connectivity index (χ0v) is 10.0. The van der Waals surface area contributed by atoms with E-state index >= 15 is 0 Å². The van der Waals surface area contributed by atoms with Gasteiger partial charge in [0.15, 0.2) is 5.88 Å². The molecule has 0 saturated heterocycles. The SMILES string of the molecule is CCOc1cc(-c2ccccc2)cc(=O)n1C. The van der Waals surface area contributed by atoms with Crippen molar-refractivity contribution in [2.24, 2.45) is 7.05 Å². The van der Waals surface area contributed by atoms with Gasteiger partial charge in [0.05, 0.1) is 6.61 Å². The molecule has 2 rings (SSSR count). The van der Waals surface area contributed by atoms with Crippen molar-refractivity contribution >= 4 is 0 Å². The Morgan fingerprint density at radius 2 is 1.82 bits per heavy atom. The van der Waals surface area contributed by atoms with Crippen molar-refractivity contribution in [2.45, 2.75) is 6.92 Å². The molecule has 2 aromatic rings. The zero-order chi connectivity index (χ0) is 12.3. The number of nitrogens with zero attached hydrogens (tertiary/aromatic N) is 1. The van der Waals surface area contributed by atoms with Crippen LogP contribution in [0.3, 0.4) is 0 Å². The maximum absolute atomic E-state index is 11.8. The second kappa shape index (κ2) is 4.87. The molecule has 0 aliphatic rings. The smallest absolute Gasteiger partial charge is 0.253 e. The number of aromatic nitrogens is 1. The van der Waals surface area contributed by atoms with E-state index in [9.17, 15) is 4.79 Å². The van der Waals surface area contributed by atoms with E-state index in [-0.39, 0.29) is 5.56 Å². The third-order valence-corrected chi connectivity index (χ3v) is 2.62. The lowest BCUT2D eigenvalue weighted by atomic mass is 10.1. The van der Waals surface area contributed by atoms with E-state index < -0.39 is 0 Å². The lowest BCUT2D eigenvalue weighted by molar-refractivity contribution is 0.311. The number of hydrogen-bond acceptors (Lipinski definition) is 2. The molecule has 1 aromatic carbocycles. The van der Waals surface area contributed by atoms with E-state index in [1.54, 1.807) is 13.1 Å². The summed E-state index contributed by atoms with van der Waals surface area (Å²) >= 11 is 0. The molecule has 0 aliphatic heterocycles. The van der Waals surface area contributed by atoms with Gasteiger partial charge in [-0.05, 0) is 18.1 Å². The van der Waals surface area contributed by atoms with Gasteiger partial charge in [-0.25, -0.2) is 0 Å². The van der Waals surface area contributed by atoms with E-state index in [0.717, 1.165) is 11.1 Å². The van der Waals surface area contributed by atoms with Crippen LogP contribution >= 0.6 is 0 Å². The van der Waals surface area contributed by atoms with Crippen LogP contribution in [0.15, 0.2) is 47.3 Å². The number of rotatable bonds is 3. The molecule has 0 aliphatic carbocycles. The van der Waals surface area contributed by atoms with Crippen molar-refractivity contribution < 1.29 is 4.74 Å². The number of ether oxygens (including phenoxy) is 1. The highest BCUT2D eigenvalue weighted by Crippen LogP contribution is 2.21. The van der Waals surface area contributed by atoms with Crippen LogP contribution < -0.4 is 10.3 Å². The summed E-state index contributed by atoms with van der Waals surface area (Å²) in [5.74, 6) is 0.596. The van der Waals surface area contributed by atoms with Crippen molar-refractivity contribution in [1.29, 1.82) is 0 Å². The van der Waals surface area contributed by atoms with E-state index in [4.69, 9.17) is 4.74 Å². The minimum absolute atomic E-state index is 0.0604. The van der Waals surface area contributed by atoms with Crippen molar-refractivity contribution in [2.75, 3.05) is 6.61 Å². The second-order valence-electron chi connectivity index (χ2n) is 3.78. The summed E-state index contributed by atoms with van der Waals surface area (Å²) in [6.07, 6.45) is 0. The molecule has 3 nitrogen and oxygen atoms in total. The van der Waals surface area contributed by atoms with Crippen molar-refractivity contribution in [1.82, 2.24) is 4.57 Å². The maximum atomic E-state index is 11.8. The van der Waals surface area contributed by atoms with E-state index in [1.165, 1.54) is 4.57 Å². The van der Waals surface area contributed by atoms with Crippen molar-refractivity contribution in [3.8, 4) is 17.0 Å². The first-order chi connectivity index (χ1) is 8.22. The van der Waals surface area contributed by atoms with Gasteiger partial charge in [0, 0.05) is 19.2 Å². The van der Waals surface area contributed by atoms with Gasteiger partial charge < -0.3 is 4.74 Å². The summed E-state index contributed by atoms with van der Waals surface area (Å²) in [6.45, 7) is 2.45. The Morgan fingerprint density at radius 3 is 2.47 bits per heavy atom. The number of hydrogen-bond donors (Lipinski definition) is 0. The molecule has 3 heteroatoms. The molecule has 0 amide bonds. The average molecular weight is 229 g/mol. The predicted molar refractivity (Wildman–Crippen MR) is 68.3 cm³/mol. The standard InChI is InChI=1S/C14H15NO2/c1-3-17-14-10-12(9-13(16)15(14)2)11-7-5-4-6-8-11/h4-10H,3H2,1-2H3. The van der Waals surface area contributed by atoms with E-state index in [2.05, 4.69) is 0 Å². The molecule has 0 atom stereocenters. The van der Waals surface area contributed by atoms with Crippen LogP contribution in [0.1, 0.15) is 6.92 Å². The van der Waals surface area contributed by atoms with Crippen LogP contribution in [0.25, 0.3) is 11.1 Å². The molecule has 0 N–H and O–H groups in total. The first kappa shape index (κ1) is 11.5. The third kappa shape index (κ3) is 2.38. The van der Waals surface area contributed by atoms with Gasteiger partial charge in [-0.1, -0.05) is 30.3 Å². The van der Waals surface area contributed by atoms with Crippen LogP contribution in [-0.2, 0) is 7.05 Å². The van der Waals surface area contributed by atoms with Gasteiger partial charge in [0.2, 0.25) is 0 Å². The summed E-state index contributed by atoms with van der Waals surface area (Å²) in [7, 11) is 1.71. The van der Waals surface area contributed by atoms with Gasteiger partial charge in [-0.3, -0.25) is 9.36 Å². The monoisotopic (exact) mass is 229 g/mol. The summed E-state index contributed by atoms with van der Waals surface area (Å²) in [5, 5.41) is 0. The van der Waals surface area contributed by atoms with Gasteiger partial charge in [-0.2, -0.15) is 0 Å². The lowest BCUT2D eigenvalue weighted by Gasteiger charge is -2.10.